The number of aliphatic hydroxyl groups excluding tert-OH is 1. The second kappa shape index (κ2) is 6.56. The van der Waals surface area contributed by atoms with Crippen LogP contribution in [0.15, 0.2) is 24.3 Å². The molecular weight excluding hydrogens is 124 g/mol. The van der Waals surface area contributed by atoms with Gasteiger partial charge in [-0.2, -0.15) is 0 Å². The van der Waals surface area contributed by atoms with E-state index in [9.17, 15) is 0 Å². The SMILES string of the molecule is CCCC=CC=CC(C)O. The highest BCUT2D eigenvalue weighted by Gasteiger charge is 1.80. The van der Waals surface area contributed by atoms with Gasteiger partial charge >= 0.3 is 0 Å². The van der Waals surface area contributed by atoms with Crippen molar-refractivity contribution in [3.8, 4) is 0 Å². The van der Waals surface area contributed by atoms with Crippen molar-refractivity contribution in [3.05, 3.63) is 24.3 Å². The molecule has 0 fully saturated rings. The predicted molar refractivity (Wildman–Crippen MR) is 44.9 cm³/mol. The van der Waals surface area contributed by atoms with E-state index in [1.54, 1.807) is 13.0 Å². The maximum atomic E-state index is 8.79. The van der Waals surface area contributed by atoms with E-state index in [-0.39, 0.29) is 6.10 Å². The molecule has 1 heteroatoms. The molecule has 0 aliphatic carbocycles. The highest BCUT2D eigenvalue weighted by molar-refractivity contribution is 5.03. The van der Waals surface area contributed by atoms with Crippen molar-refractivity contribution < 1.29 is 5.11 Å². The van der Waals surface area contributed by atoms with Gasteiger partial charge in [0.2, 0.25) is 0 Å². The standard InChI is InChI=1S/C9H16O/c1-3-4-5-6-7-8-9(2)10/h5-10H,3-4H2,1-2H3. The predicted octanol–water partition coefficient (Wildman–Crippen LogP) is 2.28. The van der Waals surface area contributed by atoms with Crippen LogP contribution >= 0.6 is 0 Å². The zero-order valence-electron chi connectivity index (χ0n) is 6.75. The van der Waals surface area contributed by atoms with Crippen LogP contribution in [0.5, 0.6) is 0 Å². The van der Waals surface area contributed by atoms with Crippen molar-refractivity contribution >= 4 is 0 Å². The quantitative estimate of drug-likeness (QED) is 0.594. The topological polar surface area (TPSA) is 20.2 Å². The van der Waals surface area contributed by atoms with Gasteiger partial charge in [0.25, 0.3) is 0 Å². The van der Waals surface area contributed by atoms with Crippen molar-refractivity contribution in [1.82, 2.24) is 0 Å². The van der Waals surface area contributed by atoms with Gasteiger partial charge in [-0.15, -0.1) is 0 Å². The van der Waals surface area contributed by atoms with Gasteiger partial charge in [0, 0.05) is 0 Å². The second-order valence-corrected chi connectivity index (χ2v) is 2.34. The lowest BCUT2D eigenvalue weighted by Crippen LogP contribution is -1.90. The first-order chi connectivity index (χ1) is 4.77. The van der Waals surface area contributed by atoms with Crippen molar-refractivity contribution in [2.75, 3.05) is 0 Å². The normalized spacial score (nSPS) is 15.1. The molecule has 0 saturated carbocycles. The molecule has 0 aliphatic heterocycles. The van der Waals surface area contributed by atoms with Crippen molar-refractivity contribution in [2.45, 2.75) is 32.8 Å². The number of unbranched alkanes of at least 4 members (excludes halogenated alkanes) is 1. The molecule has 10 heavy (non-hydrogen) atoms. The first kappa shape index (κ1) is 9.44. The summed E-state index contributed by atoms with van der Waals surface area (Å²) in [6, 6.07) is 0. The fraction of sp³-hybridized carbons (Fsp3) is 0.556. The summed E-state index contributed by atoms with van der Waals surface area (Å²) in [6.45, 7) is 3.88. The Morgan fingerprint density at radius 1 is 1.40 bits per heavy atom. The van der Waals surface area contributed by atoms with Gasteiger partial charge in [-0.05, 0) is 13.3 Å². The van der Waals surface area contributed by atoms with E-state index < -0.39 is 0 Å². The summed E-state index contributed by atoms with van der Waals surface area (Å²) in [5.74, 6) is 0. The van der Waals surface area contributed by atoms with E-state index in [2.05, 4.69) is 13.0 Å². The fourth-order valence-electron chi connectivity index (χ4n) is 0.566. The summed E-state index contributed by atoms with van der Waals surface area (Å²) in [4.78, 5) is 0. The third-order valence-corrected chi connectivity index (χ3v) is 1.09. The van der Waals surface area contributed by atoms with Crippen molar-refractivity contribution in [3.63, 3.8) is 0 Å². The zero-order chi connectivity index (χ0) is 7.82. The van der Waals surface area contributed by atoms with Gasteiger partial charge < -0.3 is 5.11 Å². The Hall–Kier alpha value is -0.560. The van der Waals surface area contributed by atoms with Crippen LogP contribution in [0.1, 0.15) is 26.7 Å². The van der Waals surface area contributed by atoms with Gasteiger partial charge in [-0.1, -0.05) is 37.6 Å². The van der Waals surface area contributed by atoms with E-state index in [4.69, 9.17) is 5.11 Å². The molecule has 0 bridgehead atoms. The smallest absolute Gasteiger partial charge is 0.0695 e. The largest absolute Gasteiger partial charge is 0.389 e. The Morgan fingerprint density at radius 3 is 2.60 bits per heavy atom. The third-order valence-electron chi connectivity index (χ3n) is 1.09. The van der Waals surface area contributed by atoms with Crippen LogP contribution < -0.4 is 0 Å². The van der Waals surface area contributed by atoms with E-state index in [1.807, 2.05) is 12.2 Å². The number of rotatable bonds is 4. The van der Waals surface area contributed by atoms with E-state index in [0.717, 1.165) is 6.42 Å². The molecule has 0 radical (unpaired) electrons. The minimum absolute atomic E-state index is 0.328. The van der Waals surface area contributed by atoms with E-state index in [1.165, 1.54) is 6.42 Å². The van der Waals surface area contributed by atoms with Gasteiger partial charge in [-0.3, -0.25) is 0 Å². The minimum Gasteiger partial charge on any atom is -0.389 e. The Balaban J connectivity index is 3.32. The van der Waals surface area contributed by atoms with Gasteiger partial charge in [0.05, 0.1) is 6.10 Å². The highest BCUT2D eigenvalue weighted by Crippen LogP contribution is 1.89. The Bertz CT molecular complexity index is 112. The van der Waals surface area contributed by atoms with Crippen molar-refractivity contribution in [1.29, 1.82) is 0 Å². The Labute approximate surface area is 63.1 Å². The Kier molecular flexibility index (Phi) is 6.19. The fourth-order valence-corrected chi connectivity index (χ4v) is 0.566. The number of hydrogen-bond donors (Lipinski definition) is 1. The van der Waals surface area contributed by atoms with Crippen LogP contribution in [0.3, 0.4) is 0 Å². The molecule has 1 atom stereocenters. The average molecular weight is 140 g/mol. The number of aliphatic hydroxyl groups is 1. The molecule has 0 aromatic rings. The van der Waals surface area contributed by atoms with Gasteiger partial charge in [0.1, 0.15) is 0 Å². The molecule has 0 amide bonds. The molecule has 0 heterocycles. The molecular formula is C9H16O. The molecule has 1 unspecified atom stereocenters. The summed E-state index contributed by atoms with van der Waals surface area (Å²) in [5.41, 5.74) is 0. The van der Waals surface area contributed by atoms with Gasteiger partial charge in [-0.25, -0.2) is 0 Å². The number of allylic oxidation sites excluding steroid dienone is 3. The van der Waals surface area contributed by atoms with Crippen LogP contribution in [0.25, 0.3) is 0 Å². The maximum Gasteiger partial charge on any atom is 0.0695 e. The summed E-state index contributed by atoms with van der Waals surface area (Å²) in [6.07, 6.45) is 9.66. The lowest BCUT2D eigenvalue weighted by Gasteiger charge is -1.88. The van der Waals surface area contributed by atoms with E-state index in [0.29, 0.717) is 0 Å². The first-order valence-electron chi connectivity index (χ1n) is 3.78. The summed E-state index contributed by atoms with van der Waals surface area (Å²) in [7, 11) is 0. The summed E-state index contributed by atoms with van der Waals surface area (Å²) in [5, 5.41) is 8.79. The molecule has 58 valence electrons. The second-order valence-electron chi connectivity index (χ2n) is 2.34. The van der Waals surface area contributed by atoms with Crippen LogP contribution in [0.4, 0.5) is 0 Å². The summed E-state index contributed by atoms with van der Waals surface area (Å²) >= 11 is 0. The average Bonchev–Trinajstić information content (AvgIpc) is 1.87. The molecule has 0 aromatic carbocycles. The monoisotopic (exact) mass is 140 g/mol. The minimum atomic E-state index is -0.328. The summed E-state index contributed by atoms with van der Waals surface area (Å²) < 4.78 is 0. The molecule has 0 aliphatic rings. The van der Waals surface area contributed by atoms with Gasteiger partial charge in [0.15, 0.2) is 0 Å². The maximum absolute atomic E-state index is 8.79. The molecule has 0 spiro atoms. The van der Waals surface area contributed by atoms with Crippen LogP contribution in [-0.4, -0.2) is 11.2 Å². The number of hydrogen-bond acceptors (Lipinski definition) is 1. The molecule has 0 aromatic heterocycles. The highest BCUT2D eigenvalue weighted by atomic mass is 16.3. The lowest BCUT2D eigenvalue weighted by molar-refractivity contribution is 0.244. The van der Waals surface area contributed by atoms with Crippen molar-refractivity contribution in [2.24, 2.45) is 0 Å². The molecule has 1 nitrogen and oxygen atoms in total. The first-order valence-corrected chi connectivity index (χ1v) is 3.78. The molecule has 1 N–H and O–H groups in total. The van der Waals surface area contributed by atoms with Crippen LogP contribution in [-0.2, 0) is 0 Å². The molecule has 0 rings (SSSR count). The Morgan fingerprint density at radius 2 is 2.10 bits per heavy atom. The third kappa shape index (κ3) is 7.44. The zero-order valence-corrected chi connectivity index (χ0v) is 6.75. The molecule has 0 saturated heterocycles. The lowest BCUT2D eigenvalue weighted by atomic mass is 10.3. The van der Waals surface area contributed by atoms with Crippen LogP contribution in [0.2, 0.25) is 0 Å². The van der Waals surface area contributed by atoms with E-state index >= 15 is 0 Å². The van der Waals surface area contributed by atoms with Crippen LogP contribution in [0, 0.1) is 0 Å².